The summed E-state index contributed by atoms with van der Waals surface area (Å²) in [4.78, 5) is 0. The molecule has 1 aliphatic heterocycles. The van der Waals surface area contributed by atoms with E-state index < -0.39 is 0 Å². The Labute approximate surface area is 137 Å². The van der Waals surface area contributed by atoms with Gasteiger partial charge in [-0.2, -0.15) is 0 Å². The van der Waals surface area contributed by atoms with Crippen LogP contribution in [0.3, 0.4) is 0 Å². The van der Waals surface area contributed by atoms with E-state index in [9.17, 15) is 4.39 Å². The summed E-state index contributed by atoms with van der Waals surface area (Å²) in [6.45, 7) is 4.44. The summed E-state index contributed by atoms with van der Waals surface area (Å²) in [7, 11) is 0. The molecule has 1 nitrogen and oxygen atoms in total. The van der Waals surface area contributed by atoms with Gasteiger partial charge in [0, 0.05) is 11.6 Å². The topological polar surface area (TPSA) is 12.0 Å². The van der Waals surface area contributed by atoms with Crippen molar-refractivity contribution in [3.8, 4) is 0 Å². The van der Waals surface area contributed by atoms with Gasteiger partial charge in [-0.15, -0.1) is 0 Å². The number of allylic oxidation sites excluding steroid dienone is 2. The highest BCUT2D eigenvalue weighted by molar-refractivity contribution is 5.59. The molecule has 2 aromatic carbocycles. The number of halogens is 1. The molecule has 118 valence electrons. The highest BCUT2D eigenvalue weighted by Crippen LogP contribution is 2.49. The van der Waals surface area contributed by atoms with Gasteiger partial charge in [-0.3, -0.25) is 0 Å². The maximum atomic E-state index is 13.6. The van der Waals surface area contributed by atoms with Crippen molar-refractivity contribution in [1.82, 2.24) is 0 Å². The Kier molecular flexibility index (Phi) is 3.48. The fourth-order valence-electron chi connectivity index (χ4n) is 3.98. The monoisotopic (exact) mass is 307 g/mol. The molecular formula is C21H22FN. The van der Waals surface area contributed by atoms with Gasteiger partial charge in [-0.25, -0.2) is 4.39 Å². The van der Waals surface area contributed by atoms with Gasteiger partial charge in [0.2, 0.25) is 0 Å². The van der Waals surface area contributed by atoms with E-state index in [2.05, 4.69) is 55.6 Å². The smallest absolute Gasteiger partial charge is 0.123 e. The Bertz CT molecular complexity index is 745. The predicted octanol–water partition coefficient (Wildman–Crippen LogP) is 5.78. The van der Waals surface area contributed by atoms with Crippen LogP contribution in [0.5, 0.6) is 0 Å². The van der Waals surface area contributed by atoms with Crippen LogP contribution in [0.2, 0.25) is 0 Å². The molecule has 0 unspecified atom stereocenters. The van der Waals surface area contributed by atoms with Crippen LogP contribution in [0.25, 0.3) is 0 Å². The lowest BCUT2D eigenvalue weighted by Crippen LogP contribution is -2.29. The molecule has 0 saturated heterocycles. The molecule has 0 bridgehead atoms. The highest BCUT2D eigenvalue weighted by Gasteiger charge is 2.37. The normalized spacial score (nSPS) is 25.1. The van der Waals surface area contributed by atoms with E-state index in [1.165, 1.54) is 11.1 Å². The quantitative estimate of drug-likeness (QED) is 0.694. The van der Waals surface area contributed by atoms with E-state index in [0.29, 0.717) is 17.8 Å². The van der Waals surface area contributed by atoms with E-state index in [1.54, 1.807) is 12.1 Å². The molecule has 2 aliphatic rings. The summed E-state index contributed by atoms with van der Waals surface area (Å²) in [5, 5.41) is 3.65. The SMILES string of the molecule is CC(C)c1ccc([C@@H]2Nc3ccc(F)cc3[C@@H]3C=CC[C@@H]32)cc1. The van der Waals surface area contributed by atoms with E-state index in [4.69, 9.17) is 0 Å². The molecule has 0 amide bonds. The van der Waals surface area contributed by atoms with Crippen LogP contribution in [0, 0.1) is 11.7 Å². The molecule has 0 aromatic heterocycles. The molecule has 0 saturated carbocycles. The Morgan fingerprint density at radius 2 is 1.87 bits per heavy atom. The molecule has 2 heteroatoms. The molecule has 0 radical (unpaired) electrons. The fraction of sp³-hybridized carbons (Fsp3) is 0.333. The Morgan fingerprint density at radius 3 is 2.61 bits per heavy atom. The second-order valence-corrected chi connectivity index (χ2v) is 7.03. The number of nitrogens with one attached hydrogen (secondary N) is 1. The molecular weight excluding hydrogens is 285 g/mol. The number of anilines is 1. The molecule has 0 fully saturated rings. The van der Waals surface area contributed by atoms with Crippen molar-refractivity contribution >= 4 is 5.69 Å². The van der Waals surface area contributed by atoms with Crippen LogP contribution >= 0.6 is 0 Å². The lowest BCUT2D eigenvalue weighted by Gasteiger charge is -2.37. The van der Waals surface area contributed by atoms with Gasteiger partial charge in [0.25, 0.3) is 0 Å². The van der Waals surface area contributed by atoms with Gasteiger partial charge >= 0.3 is 0 Å². The van der Waals surface area contributed by atoms with Crippen LogP contribution in [-0.4, -0.2) is 0 Å². The molecule has 1 heterocycles. The molecule has 1 aliphatic carbocycles. The Morgan fingerprint density at radius 1 is 1.09 bits per heavy atom. The molecule has 4 rings (SSSR count). The molecule has 1 N–H and O–H groups in total. The first-order valence-corrected chi connectivity index (χ1v) is 8.46. The standard InChI is InChI=1S/C21H22FN/c1-13(2)14-6-8-15(9-7-14)21-18-5-3-4-17(18)19-12-16(22)10-11-20(19)23-21/h3-4,6-13,17-18,21,23H,5H2,1-2H3/t17-,18+,21+/m1/s1. The second-order valence-electron chi connectivity index (χ2n) is 7.03. The second kappa shape index (κ2) is 5.52. The minimum Gasteiger partial charge on any atom is -0.378 e. The summed E-state index contributed by atoms with van der Waals surface area (Å²) in [6.07, 6.45) is 5.54. The largest absolute Gasteiger partial charge is 0.378 e. The first-order valence-electron chi connectivity index (χ1n) is 8.46. The third kappa shape index (κ3) is 2.46. The minimum atomic E-state index is -0.149. The highest BCUT2D eigenvalue weighted by atomic mass is 19.1. The zero-order valence-corrected chi connectivity index (χ0v) is 13.6. The lowest BCUT2D eigenvalue weighted by atomic mass is 9.77. The van der Waals surface area contributed by atoms with Gasteiger partial charge in [-0.05, 0) is 53.1 Å². The van der Waals surface area contributed by atoms with Crippen molar-refractivity contribution < 1.29 is 4.39 Å². The summed E-state index contributed by atoms with van der Waals surface area (Å²) >= 11 is 0. The molecule has 23 heavy (non-hydrogen) atoms. The molecule has 0 spiro atoms. The Balaban J connectivity index is 1.71. The summed E-state index contributed by atoms with van der Waals surface area (Å²) in [5.74, 6) is 1.18. The van der Waals surface area contributed by atoms with Crippen molar-refractivity contribution in [2.75, 3.05) is 5.32 Å². The number of rotatable bonds is 2. The predicted molar refractivity (Wildman–Crippen MR) is 93.3 cm³/mol. The zero-order chi connectivity index (χ0) is 16.0. The van der Waals surface area contributed by atoms with Crippen molar-refractivity contribution in [3.05, 3.63) is 77.1 Å². The van der Waals surface area contributed by atoms with Crippen LogP contribution in [-0.2, 0) is 0 Å². The molecule has 2 aromatic rings. The third-order valence-electron chi connectivity index (χ3n) is 5.29. The van der Waals surface area contributed by atoms with Crippen LogP contribution in [0.15, 0.2) is 54.6 Å². The number of benzene rings is 2. The van der Waals surface area contributed by atoms with Crippen LogP contribution in [0.1, 0.15) is 54.8 Å². The van der Waals surface area contributed by atoms with Gasteiger partial charge in [-0.1, -0.05) is 50.3 Å². The van der Waals surface area contributed by atoms with Gasteiger partial charge in [0.15, 0.2) is 0 Å². The average molecular weight is 307 g/mol. The van der Waals surface area contributed by atoms with Crippen molar-refractivity contribution in [3.63, 3.8) is 0 Å². The van der Waals surface area contributed by atoms with E-state index in [-0.39, 0.29) is 11.9 Å². The first kappa shape index (κ1) is 14.5. The number of hydrogen-bond acceptors (Lipinski definition) is 1. The van der Waals surface area contributed by atoms with Crippen LogP contribution < -0.4 is 5.32 Å². The van der Waals surface area contributed by atoms with E-state index >= 15 is 0 Å². The van der Waals surface area contributed by atoms with E-state index in [0.717, 1.165) is 17.7 Å². The van der Waals surface area contributed by atoms with Crippen molar-refractivity contribution in [1.29, 1.82) is 0 Å². The maximum absolute atomic E-state index is 13.6. The first-order chi connectivity index (χ1) is 11.1. The van der Waals surface area contributed by atoms with Gasteiger partial charge in [0.1, 0.15) is 5.82 Å². The molecule has 3 atom stereocenters. The fourth-order valence-corrected chi connectivity index (χ4v) is 3.98. The maximum Gasteiger partial charge on any atom is 0.123 e. The van der Waals surface area contributed by atoms with Crippen LogP contribution in [0.4, 0.5) is 10.1 Å². The lowest BCUT2D eigenvalue weighted by molar-refractivity contribution is 0.424. The summed E-state index contributed by atoms with van der Waals surface area (Å²) in [5.41, 5.74) is 4.85. The Hall–Kier alpha value is -2.09. The average Bonchev–Trinajstić information content (AvgIpc) is 3.04. The van der Waals surface area contributed by atoms with Crippen molar-refractivity contribution in [2.24, 2.45) is 5.92 Å². The minimum absolute atomic E-state index is 0.149. The zero-order valence-electron chi connectivity index (χ0n) is 13.6. The third-order valence-corrected chi connectivity index (χ3v) is 5.29. The van der Waals surface area contributed by atoms with Gasteiger partial charge in [0.05, 0.1) is 6.04 Å². The van der Waals surface area contributed by atoms with Crippen molar-refractivity contribution in [2.45, 2.75) is 38.1 Å². The van der Waals surface area contributed by atoms with E-state index in [1.807, 2.05) is 6.07 Å². The summed E-state index contributed by atoms with van der Waals surface area (Å²) < 4.78 is 13.6. The summed E-state index contributed by atoms with van der Waals surface area (Å²) in [6, 6.07) is 14.4. The number of hydrogen-bond donors (Lipinski definition) is 1. The number of fused-ring (bicyclic) bond motifs is 3. The van der Waals surface area contributed by atoms with Gasteiger partial charge < -0.3 is 5.32 Å².